The number of nitrogens with two attached hydrogens (primary N) is 1. The molecule has 108 valence electrons. The average Bonchev–Trinajstić information content (AvgIpc) is 2.84. The van der Waals surface area contributed by atoms with Gasteiger partial charge >= 0.3 is 0 Å². The first-order chi connectivity index (χ1) is 9.20. The molecule has 2 rings (SSSR count). The van der Waals surface area contributed by atoms with Gasteiger partial charge in [0.1, 0.15) is 0 Å². The summed E-state index contributed by atoms with van der Waals surface area (Å²) in [7, 11) is 1.85. The lowest BCUT2D eigenvalue weighted by molar-refractivity contribution is -0.122. The van der Waals surface area contributed by atoms with Gasteiger partial charge in [0.15, 0.2) is 0 Å². The minimum absolute atomic E-state index is 0. The molecule has 1 heterocycles. The maximum absolute atomic E-state index is 12.1. The predicted molar refractivity (Wildman–Crippen MR) is 80.5 cm³/mol. The topological polar surface area (TPSA) is 72.9 Å². The van der Waals surface area contributed by atoms with Crippen molar-refractivity contribution in [3.8, 4) is 0 Å². The van der Waals surface area contributed by atoms with E-state index in [0.717, 1.165) is 11.1 Å². The molecular weight excluding hydrogens is 276 g/mol. The summed E-state index contributed by atoms with van der Waals surface area (Å²) in [6, 6.07) is 9.58. The summed E-state index contributed by atoms with van der Waals surface area (Å²) in [4.78, 5) is 12.1. The highest BCUT2D eigenvalue weighted by molar-refractivity contribution is 5.85. The van der Waals surface area contributed by atoms with Gasteiger partial charge in [-0.25, -0.2) is 0 Å². The quantitative estimate of drug-likeness (QED) is 0.870. The van der Waals surface area contributed by atoms with Crippen LogP contribution in [-0.2, 0) is 18.4 Å². The molecule has 0 aliphatic heterocycles. The van der Waals surface area contributed by atoms with E-state index in [4.69, 9.17) is 5.73 Å². The molecular formula is C14H19ClN4O. The molecule has 6 heteroatoms. The molecule has 1 amide bonds. The Labute approximate surface area is 124 Å². The summed E-state index contributed by atoms with van der Waals surface area (Å²) in [5.41, 5.74) is 7.61. The van der Waals surface area contributed by atoms with Crippen LogP contribution in [0.5, 0.6) is 0 Å². The second kappa shape index (κ2) is 7.67. The summed E-state index contributed by atoms with van der Waals surface area (Å²) in [5.74, 6) is -0.365. The van der Waals surface area contributed by atoms with Crippen molar-refractivity contribution in [1.29, 1.82) is 0 Å². The Morgan fingerprint density at radius 2 is 2.10 bits per heavy atom. The third-order valence-corrected chi connectivity index (χ3v) is 2.98. The molecule has 20 heavy (non-hydrogen) atoms. The number of nitrogens with zero attached hydrogens (tertiary/aromatic N) is 2. The Balaban J connectivity index is 0.00000200. The van der Waals surface area contributed by atoms with Crippen LogP contribution in [0.1, 0.15) is 17.0 Å². The smallest absolute Gasteiger partial charge is 0.229 e. The van der Waals surface area contributed by atoms with Crippen molar-refractivity contribution in [2.24, 2.45) is 12.8 Å². The van der Waals surface area contributed by atoms with Crippen LogP contribution in [-0.4, -0.2) is 22.2 Å². The fourth-order valence-electron chi connectivity index (χ4n) is 1.96. The number of hydrogen-bond acceptors (Lipinski definition) is 3. The number of rotatable bonds is 5. The summed E-state index contributed by atoms with van der Waals surface area (Å²) in [6.45, 7) is 0.763. The van der Waals surface area contributed by atoms with Crippen LogP contribution in [0, 0.1) is 0 Å². The first kappa shape index (κ1) is 16.2. The number of carbonyl (C=O) groups excluding carboxylic acids is 1. The Morgan fingerprint density at radius 1 is 1.40 bits per heavy atom. The SMILES string of the molecule is Cl.Cn1cc(CNC(=O)C(CN)c2ccccc2)cn1. The van der Waals surface area contributed by atoms with Crippen LogP contribution >= 0.6 is 12.4 Å². The normalized spacial score (nSPS) is 11.5. The van der Waals surface area contributed by atoms with E-state index in [0.29, 0.717) is 13.1 Å². The van der Waals surface area contributed by atoms with Gasteiger partial charge in [-0.1, -0.05) is 30.3 Å². The molecule has 0 saturated heterocycles. The first-order valence-electron chi connectivity index (χ1n) is 6.21. The van der Waals surface area contributed by atoms with Crippen molar-refractivity contribution in [2.45, 2.75) is 12.5 Å². The molecule has 0 saturated carbocycles. The van der Waals surface area contributed by atoms with Crippen LogP contribution < -0.4 is 11.1 Å². The number of hydrogen-bond donors (Lipinski definition) is 2. The third-order valence-electron chi connectivity index (χ3n) is 2.98. The number of halogens is 1. The Bertz CT molecular complexity index is 541. The van der Waals surface area contributed by atoms with Gasteiger partial charge in [-0.05, 0) is 5.56 Å². The number of nitrogens with one attached hydrogen (secondary N) is 1. The Hall–Kier alpha value is -1.85. The van der Waals surface area contributed by atoms with Gasteiger partial charge in [-0.15, -0.1) is 12.4 Å². The molecule has 1 aromatic carbocycles. The van der Waals surface area contributed by atoms with Gasteiger partial charge in [0.2, 0.25) is 5.91 Å². The van der Waals surface area contributed by atoms with Crippen molar-refractivity contribution < 1.29 is 4.79 Å². The summed E-state index contributed by atoms with van der Waals surface area (Å²) in [6.07, 6.45) is 3.61. The molecule has 0 aliphatic rings. The lowest BCUT2D eigenvalue weighted by Gasteiger charge is -2.14. The number of aromatic nitrogens is 2. The zero-order chi connectivity index (χ0) is 13.7. The van der Waals surface area contributed by atoms with Gasteiger partial charge in [0, 0.05) is 31.9 Å². The van der Waals surface area contributed by atoms with Crippen LogP contribution in [0.2, 0.25) is 0 Å². The van der Waals surface area contributed by atoms with Gasteiger partial charge < -0.3 is 11.1 Å². The van der Waals surface area contributed by atoms with E-state index < -0.39 is 0 Å². The highest BCUT2D eigenvalue weighted by Crippen LogP contribution is 2.14. The summed E-state index contributed by atoms with van der Waals surface area (Å²) < 4.78 is 1.71. The minimum atomic E-state index is -0.308. The van der Waals surface area contributed by atoms with E-state index in [1.807, 2.05) is 43.6 Å². The van der Waals surface area contributed by atoms with Gasteiger partial charge in [0.25, 0.3) is 0 Å². The molecule has 0 radical (unpaired) electrons. The average molecular weight is 295 g/mol. The summed E-state index contributed by atoms with van der Waals surface area (Å²) >= 11 is 0. The fourth-order valence-corrected chi connectivity index (χ4v) is 1.96. The second-order valence-corrected chi connectivity index (χ2v) is 4.44. The summed E-state index contributed by atoms with van der Waals surface area (Å²) in [5, 5.41) is 6.95. The molecule has 0 aliphatic carbocycles. The molecule has 3 N–H and O–H groups in total. The van der Waals surface area contributed by atoms with Crippen molar-refractivity contribution in [3.63, 3.8) is 0 Å². The molecule has 1 unspecified atom stereocenters. The molecule has 0 spiro atoms. The minimum Gasteiger partial charge on any atom is -0.351 e. The van der Waals surface area contributed by atoms with Gasteiger partial charge in [-0.3, -0.25) is 9.48 Å². The number of benzene rings is 1. The standard InChI is InChI=1S/C14H18N4O.ClH/c1-18-10-11(9-17-18)8-16-14(19)13(7-15)12-5-3-2-4-6-12;/h2-6,9-10,13H,7-8,15H2,1H3,(H,16,19);1H. The number of amides is 1. The van der Waals surface area contributed by atoms with E-state index in [1.54, 1.807) is 10.9 Å². The van der Waals surface area contributed by atoms with E-state index >= 15 is 0 Å². The molecule has 0 fully saturated rings. The highest BCUT2D eigenvalue weighted by Gasteiger charge is 2.18. The molecule has 1 atom stereocenters. The molecule has 1 aromatic heterocycles. The van der Waals surface area contributed by atoms with E-state index in [-0.39, 0.29) is 24.2 Å². The number of aryl methyl sites for hydroxylation is 1. The van der Waals surface area contributed by atoms with E-state index in [2.05, 4.69) is 10.4 Å². The zero-order valence-electron chi connectivity index (χ0n) is 11.3. The molecule has 0 bridgehead atoms. The zero-order valence-corrected chi connectivity index (χ0v) is 12.1. The predicted octanol–water partition coefficient (Wildman–Crippen LogP) is 1.20. The van der Waals surface area contributed by atoms with Crippen LogP contribution in [0.15, 0.2) is 42.7 Å². The van der Waals surface area contributed by atoms with Crippen LogP contribution in [0.4, 0.5) is 0 Å². The van der Waals surface area contributed by atoms with E-state index in [9.17, 15) is 4.79 Å². The van der Waals surface area contributed by atoms with Crippen LogP contribution in [0.3, 0.4) is 0 Å². The molecule has 2 aromatic rings. The Kier molecular flexibility index (Phi) is 6.21. The lowest BCUT2D eigenvalue weighted by atomic mass is 9.98. The third kappa shape index (κ3) is 4.08. The maximum Gasteiger partial charge on any atom is 0.229 e. The second-order valence-electron chi connectivity index (χ2n) is 4.44. The van der Waals surface area contributed by atoms with Gasteiger partial charge in [-0.2, -0.15) is 5.10 Å². The molecule has 5 nitrogen and oxygen atoms in total. The highest BCUT2D eigenvalue weighted by atomic mass is 35.5. The van der Waals surface area contributed by atoms with Crippen LogP contribution in [0.25, 0.3) is 0 Å². The van der Waals surface area contributed by atoms with Gasteiger partial charge in [0.05, 0.1) is 12.1 Å². The Morgan fingerprint density at radius 3 is 2.65 bits per heavy atom. The lowest BCUT2D eigenvalue weighted by Crippen LogP contribution is -2.33. The maximum atomic E-state index is 12.1. The fraction of sp³-hybridized carbons (Fsp3) is 0.286. The van der Waals surface area contributed by atoms with Crippen molar-refractivity contribution in [2.75, 3.05) is 6.54 Å². The van der Waals surface area contributed by atoms with Crippen molar-refractivity contribution in [1.82, 2.24) is 15.1 Å². The van der Waals surface area contributed by atoms with Crippen molar-refractivity contribution >= 4 is 18.3 Å². The monoisotopic (exact) mass is 294 g/mol. The van der Waals surface area contributed by atoms with E-state index in [1.165, 1.54) is 0 Å². The van der Waals surface area contributed by atoms with Crippen molar-refractivity contribution in [3.05, 3.63) is 53.9 Å². The number of carbonyl (C=O) groups is 1. The largest absolute Gasteiger partial charge is 0.351 e. The first-order valence-corrected chi connectivity index (χ1v) is 6.21.